The number of imide groups is 1. The predicted molar refractivity (Wildman–Crippen MR) is 135 cm³/mol. The average molecular weight is 530 g/mol. The monoisotopic (exact) mass is 528 g/mol. The maximum Gasteiger partial charge on any atom is 0.293 e. The van der Waals surface area contributed by atoms with E-state index in [2.05, 4.69) is 6.07 Å². The van der Waals surface area contributed by atoms with Gasteiger partial charge in [-0.1, -0.05) is 65.1 Å². The van der Waals surface area contributed by atoms with Gasteiger partial charge in [-0.25, -0.2) is 0 Å². The SMILES string of the molecule is N#Cc1ccccc1COc1c(Cl)cc(/C=C2\SC(=O)N(Cc3ccc(Cl)cc3)C2=O)cc1Cl. The van der Waals surface area contributed by atoms with Crippen LogP contribution in [0.15, 0.2) is 65.6 Å². The third kappa shape index (κ3) is 5.40. The first-order chi connectivity index (χ1) is 16.4. The number of thioether (sulfide) groups is 1. The fourth-order valence-electron chi connectivity index (χ4n) is 3.27. The Balaban J connectivity index is 1.51. The van der Waals surface area contributed by atoms with Crippen molar-refractivity contribution in [1.82, 2.24) is 4.90 Å². The molecular weight excluding hydrogens is 515 g/mol. The topological polar surface area (TPSA) is 70.4 Å². The van der Waals surface area contributed by atoms with Crippen molar-refractivity contribution < 1.29 is 14.3 Å². The van der Waals surface area contributed by atoms with Gasteiger partial charge in [-0.3, -0.25) is 14.5 Å². The number of carbonyl (C=O) groups is 2. The van der Waals surface area contributed by atoms with Crippen molar-refractivity contribution in [2.45, 2.75) is 13.2 Å². The van der Waals surface area contributed by atoms with Crippen LogP contribution >= 0.6 is 46.6 Å². The molecule has 3 aromatic rings. The van der Waals surface area contributed by atoms with E-state index < -0.39 is 5.91 Å². The van der Waals surface area contributed by atoms with Crippen molar-refractivity contribution in [3.8, 4) is 11.8 Å². The molecule has 1 aliphatic heterocycles. The molecule has 0 aromatic heterocycles. The summed E-state index contributed by atoms with van der Waals surface area (Å²) in [7, 11) is 0. The summed E-state index contributed by atoms with van der Waals surface area (Å²) in [5.41, 5.74) is 2.55. The molecule has 0 unspecified atom stereocenters. The summed E-state index contributed by atoms with van der Waals surface area (Å²) in [4.78, 5) is 26.7. The minimum Gasteiger partial charge on any atom is -0.486 e. The molecule has 9 heteroatoms. The first-order valence-electron chi connectivity index (χ1n) is 9.95. The summed E-state index contributed by atoms with van der Waals surface area (Å²) in [6.07, 6.45) is 1.57. The van der Waals surface area contributed by atoms with Crippen LogP contribution in [0, 0.1) is 11.3 Å². The molecule has 0 radical (unpaired) electrons. The smallest absolute Gasteiger partial charge is 0.293 e. The van der Waals surface area contributed by atoms with Crippen LogP contribution in [0.1, 0.15) is 22.3 Å². The Bertz CT molecular complexity index is 1330. The summed E-state index contributed by atoms with van der Waals surface area (Å²) in [5.74, 6) is -0.130. The van der Waals surface area contributed by atoms with Gasteiger partial charge in [-0.15, -0.1) is 0 Å². The van der Waals surface area contributed by atoms with Crippen molar-refractivity contribution in [3.63, 3.8) is 0 Å². The summed E-state index contributed by atoms with van der Waals surface area (Å²) >= 11 is 19.5. The van der Waals surface area contributed by atoms with Gasteiger partial charge in [0.05, 0.1) is 33.1 Å². The highest BCUT2D eigenvalue weighted by atomic mass is 35.5. The molecule has 0 bridgehead atoms. The third-order valence-corrected chi connectivity index (χ3v) is 6.68. The number of rotatable bonds is 6. The fraction of sp³-hybridized carbons (Fsp3) is 0.0800. The molecule has 170 valence electrons. The van der Waals surface area contributed by atoms with Crippen LogP contribution in [0.4, 0.5) is 4.79 Å². The van der Waals surface area contributed by atoms with E-state index >= 15 is 0 Å². The molecule has 1 saturated heterocycles. The van der Waals surface area contributed by atoms with Crippen LogP contribution in [0.2, 0.25) is 15.1 Å². The third-order valence-electron chi connectivity index (χ3n) is 4.96. The zero-order valence-corrected chi connectivity index (χ0v) is 20.5. The minimum atomic E-state index is -0.398. The van der Waals surface area contributed by atoms with Crippen LogP contribution in [0.25, 0.3) is 6.08 Å². The molecule has 2 amide bonds. The highest BCUT2D eigenvalue weighted by molar-refractivity contribution is 8.18. The summed E-state index contributed by atoms with van der Waals surface area (Å²) < 4.78 is 5.77. The highest BCUT2D eigenvalue weighted by Crippen LogP contribution is 2.38. The van der Waals surface area contributed by atoms with E-state index in [1.54, 1.807) is 60.7 Å². The molecule has 0 atom stereocenters. The molecule has 1 heterocycles. The van der Waals surface area contributed by atoms with Crippen LogP contribution in [0.5, 0.6) is 5.75 Å². The number of amides is 2. The molecule has 4 rings (SSSR count). The van der Waals surface area contributed by atoms with Crippen LogP contribution in [-0.2, 0) is 17.9 Å². The van der Waals surface area contributed by atoms with Gasteiger partial charge in [-0.2, -0.15) is 5.26 Å². The molecule has 1 aliphatic rings. The quantitative estimate of drug-likeness (QED) is 0.313. The summed E-state index contributed by atoms with van der Waals surface area (Å²) in [6.45, 7) is 0.268. The number of ether oxygens (including phenoxy) is 1. The molecule has 0 spiro atoms. The molecule has 0 N–H and O–H groups in total. The van der Waals surface area contributed by atoms with Crippen molar-refractivity contribution in [2.24, 2.45) is 0 Å². The zero-order valence-electron chi connectivity index (χ0n) is 17.4. The second-order valence-electron chi connectivity index (χ2n) is 7.27. The first kappa shape index (κ1) is 24.2. The van der Waals surface area contributed by atoms with Gasteiger partial charge < -0.3 is 4.74 Å². The minimum absolute atomic E-state index is 0.117. The Morgan fingerprint density at radius 1 is 1.00 bits per heavy atom. The predicted octanol–water partition coefficient (Wildman–Crippen LogP) is 7.33. The lowest BCUT2D eigenvalue weighted by atomic mass is 10.1. The second-order valence-corrected chi connectivity index (χ2v) is 9.51. The van der Waals surface area contributed by atoms with E-state index in [-0.39, 0.29) is 39.1 Å². The number of carbonyl (C=O) groups excluding carboxylic acids is 2. The van der Waals surface area contributed by atoms with E-state index in [9.17, 15) is 14.9 Å². The van der Waals surface area contributed by atoms with Gasteiger partial charge in [0.1, 0.15) is 6.61 Å². The highest BCUT2D eigenvalue weighted by Gasteiger charge is 2.35. The van der Waals surface area contributed by atoms with Gasteiger partial charge in [0.2, 0.25) is 0 Å². The van der Waals surface area contributed by atoms with Crippen molar-refractivity contribution in [2.75, 3.05) is 0 Å². The maximum absolute atomic E-state index is 12.8. The van der Waals surface area contributed by atoms with Gasteiger partial charge in [-0.05, 0) is 59.3 Å². The number of nitrogens with zero attached hydrogens (tertiary/aromatic N) is 2. The van der Waals surface area contributed by atoms with Crippen molar-refractivity contribution in [3.05, 3.63) is 103 Å². The Hall–Kier alpha value is -2.95. The lowest BCUT2D eigenvalue weighted by Crippen LogP contribution is -2.27. The molecule has 0 saturated carbocycles. The van der Waals surface area contributed by atoms with Gasteiger partial charge in [0.15, 0.2) is 5.75 Å². The summed E-state index contributed by atoms with van der Waals surface area (Å²) in [5, 5.41) is 9.93. The average Bonchev–Trinajstić information content (AvgIpc) is 3.07. The Labute approximate surface area is 215 Å². The Morgan fingerprint density at radius 2 is 1.68 bits per heavy atom. The number of hydrogen-bond donors (Lipinski definition) is 0. The summed E-state index contributed by atoms with van der Waals surface area (Å²) in [6, 6.07) is 19.3. The number of halogens is 3. The van der Waals surface area contributed by atoms with Crippen molar-refractivity contribution >= 4 is 63.8 Å². The molecule has 34 heavy (non-hydrogen) atoms. The first-order valence-corrected chi connectivity index (χ1v) is 11.9. The van der Waals surface area contributed by atoms with E-state index in [1.807, 2.05) is 6.07 Å². The van der Waals surface area contributed by atoms with Crippen molar-refractivity contribution in [1.29, 1.82) is 5.26 Å². The lowest BCUT2D eigenvalue weighted by Gasteiger charge is -2.13. The van der Waals surface area contributed by atoms with E-state index in [4.69, 9.17) is 39.5 Å². The molecular formula is C25H15Cl3N2O3S. The zero-order chi connectivity index (χ0) is 24.2. The van der Waals surface area contributed by atoms with Crippen LogP contribution in [-0.4, -0.2) is 16.0 Å². The number of hydrogen-bond acceptors (Lipinski definition) is 5. The maximum atomic E-state index is 12.8. The van der Waals surface area contributed by atoms with Gasteiger partial charge >= 0.3 is 0 Å². The van der Waals surface area contributed by atoms with E-state index in [0.717, 1.165) is 17.3 Å². The largest absolute Gasteiger partial charge is 0.486 e. The van der Waals surface area contributed by atoms with Crippen LogP contribution < -0.4 is 4.74 Å². The molecule has 1 fully saturated rings. The number of nitriles is 1. The Kier molecular flexibility index (Phi) is 7.50. The molecule has 0 aliphatic carbocycles. The Morgan fingerprint density at radius 3 is 2.35 bits per heavy atom. The second kappa shape index (κ2) is 10.5. The van der Waals surface area contributed by atoms with Gasteiger partial charge in [0.25, 0.3) is 11.1 Å². The normalized spacial score (nSPS) is 14.5. The standard InChI is InChI=1S/C25H15Cl3N2O3S/c26-19-7-5-15(6-8-19)13-30-24(31)22(34-25(30)32)11-16-9-20(27)23(21(28)10-16)33-14-18-4-2-1-3-17(18)12-29/h1-11H,13-14H2/b22-11-. The molecule has 3 aromatic carbocycles. The number of benzene rings is 3. The van der Waals surface area contributed by atoms with Gasteiger partial charge in [0, 0.05) is 10.6 Å². The van der Waals surface area contributed by atoms with E-state index in [1.165, 1.54) is 4.90 Å². The molecule has 5 nitrogen and oxygen atoms in total. The fourth-order valence-corrected chi connectivity index (χ4v) is 4.84. The van der Waals surface area contributed by atoms with E-state index in [0.29, 0.717) is 21.7 Å². The lowest BCUT2D eigenvalue weighted by molar-refractivity contribution is -0.123. The van der Waals surface area contributed by atoms with Crippen LogP contribution in [0.3, 0.4) is 0 Å².